The zero-order valence-corrected chi connectivity index (χ0v) is 6.53. The van der Waals surface area contributed by atoms with Gasteiger partial charge >= 0.3 is 0 Å². The Balaban J connectivity index is 3.02. The number of ether oxygens (including phenoxy) is 1. The Morgan fingerprint density at radius 3 is 2.50 bits per heavy atom. The fraction of sp³-hybridized carbons (Fsp3) is 0.143. The molecule has 0 heterocycles. The summed E-state index contributed by atoms with van der Waals surface area (Å²) in [5.41, 5.74) is 4.74. The van der Waals surface area contributed by atoms with E-state index in [1.807, 2.05) is 11.0 Å². The van der Waals surface area contributed by atoms with Gasteiger partial charge in [0.2, 0.25) is 0 Å². The van der Waals surface area contributed by atoms with E-state index in [9.17, 15) is 0 Å². The van der Waals surface area contributed by atoms with Crippen molar-refractivity contribution >= 4 is 11.4 Å². The van der Waals surface area contributed by atoms with Gasteiger partial charge in [0.15, 0.2) is 0 Å². The Labute approximate surface area is 69.5 Å². The maximum atomic E-state index is 8.63. The van der Waals surface area contributed by atoms with Crippen LogP contribution in [0, 0.1) is 0 Å². The molecule has 5 nitrogen and oxygen atoms in total. The number of methoxy groups -OCH3 is 1. The highest BCUT2D eigenvalue weighted by molar-refractivity contribution is 5.63. The van der Waals surface area contributed by atoms with Gasteiger partial charge in [0.1, 0.15) is 11.4 Å². The third-order valence-electron chi connectivity index (χ3n) is 1.45. The van der Waals surface area contributed by atoms with Crippen molar-refractivity contribution in [2.45, 2.75) is 0 Å². The lowest BCUT2D eigenvalue weighted by Gasteiger charge is -2.07. The van der Waals surface area contributed by atoms with Gasteiger partial charge in [-0.15, -0.1) is 0 Å². The zero-order chi connectivity index (χ0) is 8.97. The van der Waals surface area contributed by atoms with E-state index in [-0.39, 0.29) is 0 Å². The summed E-state index contributed by atoms with van der Waals surface area (Å²) in [7, 11) is 1.49. The Morgan fingerprint density at radius 2 is 2.00 bits per heavy atom. The number of rotatable bonds is 3. The van der Waals surface area contributed by atoms with E-state index in [4.69, 9.17) is 15.2 Å². The molecule has 0 amide bonds. The van der Waals surface area contributed by atoms with Crippen molar-refractivity contribution in [1.29, 1.82) is 0 Å². The predicted octanol–water partition coefficient (Wildman–Crippen LogP) is 1.30. The van der Waals surface area contributed by atoms with Gasteiger partial charge in [-0.3, -0.25) is 21.4 Å². The van der Waals surface area contributed by atoms with E-state index in [1.54, 1.807) is 12.1 Å². The minimum atomic E-state index is 0.386. The summed E-state index contributed by atoms with van der Waals surface area (Å²) in [6.07, 6.45) is 0. The molecule has 0 unspecified atom stereocenters. The molecular weight excluding hydrogens is 160 g/mol. The summed E-state index contributed by atoms with van der Waals surface area (Å²) < 4.78 is 4.90. The van der Waals surface area contributed by atoms with Crippen molar-refractivity contribution in [3.63, 3.8) is 0 Å². The highest BCUT2D eigenvalue weighted by Gasteiger charge is 2.01. The molecule has 0 saturated carbocycles. The molecule has 0 aliphatic carbocycles. The third-order valence-corrected chi connectivity index (χ3v) is 1.45. The molecule has 4 N–H and O–H groups in total. The van der Waals surface area contributed by atoms with Gasteiger partial charge in [0, 0.05) is 0 Å². The van der Waals surface area contributed by atoms with Gasteiger partial charge in [-0.2, -0.15) is 0 Å². The van der Waals surface area contributed by atoms with Gasteiger partial charge in [0.25, 0.3) is 0 Å². The predicted molar refractivity (Wildman–Crippen MR) is 43.8 cm³/mol. The molecule has 1 aromatic rings. The average Bonchev–Trinajstić information content (AvgIpc) is 2.16. The highest BCUT2D eigenvalue weighted by atomic mass is 16.5. The molecule has 5 heteroatoms. The summed E-state index contributed by atoms with van der Waals surface area (Å²) >= 11 is 0. The van der Waals surface area contributed by atoms with E-state index in [1.165, 1.54) is 13.2 Å². The monoisotopic (exact) mass is 170 g/mol. The molecule has 0 aliphatic heterocycles. The summed E-state index contributed by atoms with van der Waals surface area (Å²) in [4.78, 5) is 0. The molecule has 0 aromatic heterocycles. The van der Waals surface area contributed by atoms with Crippen LogP contribution < -0.4 is 15.7 Å². The first-order valence-electron chi connectivity index (χ1n) is 3.30. The number of anilines is 2. The summed E-state index contributed by atoms with van der Waals surface area (Å²) in [5.74, 6) is 0.497. The molecule has 12 heavy (non-hydrogen) atoms. The standard InChI is InChI=1S/C7H10N2O3/c1-12-7-3-2-5(8-10)4-6(7)9-11/h2-4,8-11H,1H3. The summed E-state index contributed by atoms with van der Waals surface area (Å²) in [6.45, 7) is 0. The van der Waals surface area contributed by atoms with Crippen LogP contribution in [-0.4, -0.2) is 17.5 Å². The van der Waals surface area contributed by atoms with Crippen molar-refractivity contribution in [1.82, 2.24) is 0 Å². The first-order chi connectivity index (χ1) is 5.81. The van der Waals surface area contributed by atoms with Crippen LogP contribution >= 0.6 is 0 Å². The van der Waals surface area contributed by atoms with Crippen molar-refractivity contribution in [3.8, 4) is 5.75 Å². The quantitative estimate of drug-likeness (QED) is 0.514. The second kappa shape index (κ2) is 3.80. The van der Waals surface area contributed by atoms with Crippen molar-refractivity contribution in [2.75, 3.05) is 18.1 Å². The Hall–Kier alpha value is -1.46. The zero-order valence-electron chi connectivity index (χ0n) is 6.53. The van der Waals surface area contributed by atoms with Crippen LogP contribution in [0.5, 0.6) is 5.75 Å². The van der Waals surface area contributed by atoms with Gasteiger partial charge < -0.3 is 4.74 Å². The average molecular weight is 170 g/mol. The van der Waals surface area contributed by atoms with Crippen LogP contribution in [0.2, 0.25) is 0 Å². The molecule has 1 aromatic carbocycles. The van der Waals surface area contributed by atoms with E-state index in [0.717, 1.165) is 0 Å². The van der Waals surface area contributed by atoms with Crippen LogP contribution in [0.25, 0.3) is 0 Å². The second-order valence-electron chi connectivity index (χ2n) is 2.14. The van der Waals surface area contributed by atoms with Crippen LogP contribution in [0.3, 0.4) is 0 Å². The first kappa shape index (κ1) is 8.63. The smallest absolute Gasteiger partial charge is 0.144 e. The third kappa shape index (κ3) is 1.58. The molecule has 0 saturated heterocycles. The normalized spacial score (nSPS) is 9.25. The van der Waals surface area contributed by atoms with E-state index < -0.39 is 0 Å². The summed E-state index contributed by atoms with van der Waals surface area (Å²) in [6, 6.07) is 4.72. The number of benzene rings is 1. The van der Waals surface area contributed by atoms with Crippen molar-refractivity contribution < 1.29 is 15.2 Å². The van der Waals surface area contributed by atoms with E-state index in [2.05, 4.69) is 0 Å². The lowest BCUT2D eigenvalue weighted by atomic mass is 10.2. The van der Waals surface area contributed by atoms with Gasteiger partial charge in [0.05, 0.1) is 12.8 Å². The van der Waals surface area contributed by atoms with E-state index >= 15 is 0 Å². The Morgan fingerprint density at radius 1 is 1.25 bits per heavy atom. The molecule has 0 spiro atoms. The Bertz CT molecular complexity index is 265. The number of hydrogen-bond acceptors (Lipinski definition) is 5. The van der Waals surface area contributed by atoms with Crippen molar-refractivity contribution in [2.24, 2.45) is 0 Å². The maximum absolute atomic E-state index is 8.63. The molecule has 0 radical (unpaired) electrons. The maximum Gasteiger partial charge on any atom is 0.144 e. The number of nitrogens with one attached hydrogen (secondary N) is 2. The molecule has 1 rings (SSSR count). The largest absolute Gasteiger partial charge is 0.495 e. The fourth-order valence-corrected chi connectivity index (χ4v) is 0.865. The first-order valence-corrected chi connectivity index (χ1v) is 3.30. The highest BCUT2D eigenvalue weighted by Crippen LogP contribution is 2.26. The molecule has 0 bridgehead atoms. The van der Waals surface area contributed by atoms with Crippen LogP contribution in [-0.2, 0) is 0 Å². The Kier molecular flexibility index (Phi) is 2.73. The molecule has 0 atom stereocenters. The van der Waals surface area contributed by atoms with Gasteiger partial charge in [-0.1, -0.05) is 0 Å². The van der Waals surface area contributed by atoms with Gasteiger partial charge in [-0.25, -0.2) is 0 Å². The minimum Gasteiger partial charge on any atom is -0.495 e. The molecule has 0 aliphatic rings. The van der Waals surface area contributed by atoms with Crippen LogP contribution in [0.15, 0.2) is 18.2 Å². The number of hydrogen-bond donors (Lipinski definition) is 4. The molecular formula is C7H10N2O3. The SMILES string of the molecule is COc1ccc(NO)cc1NO. The lowest BCUT2D eigenvalue weighted by molar-refractivity contribution is 0.372. The molecule has 66 valence electrons. The topological polar surface area (TPSA) is 73.8 Å². The molecule has 0 fully saturated rings. The lowest BCUT2D eigenvalue weighted by Crippen LogP contribution is -1.96. The fourth-order valence-electron chi connectivity index (χ4n) is 0.865. The van der Waals surface area contributed by atoms with Gasteiger partial charge in [-0.05, 0) is 18.2 Å². The van der Waals surface area contributed by atoms with Crippen LogP contribution in [0.4, 0.5) is 11.4 Å². The van der Waals surface area contributed by atoms with Crippen molar-refractivity contribution in [3.05, 3.63) is 18.2 Å². The summed E-state index contributed by atoms with van der Waals surface area (Å²) in [5, 5.41) is 17.2. The second-order valence-corrected chi connectivity index (χ2v) is 2.14. The van der Waals surface area contributed by atoms with E-state index in [0.29, 0.717) is 17.1 Å². The van der Waals surface area contributed by atoms with Crippen LogP contribution in [0.1, 0.15) is 0 Å². The minimum absolute atomic E-state index is 0.386.